The van der Waals surface area contributed by atoms with Crippen LogP contribution in [0.3, 0.4) is 0 Å². The van der Waals surface area contributed by atoms with Crippen molar-refractivity contribution < 1.29 is 90.4 Å². The summed E-state index contributed by atoms with van der Waals surface area (Å²) >= 11 is 1.00. The van der Waals surface area contributed by atoms with E-state index in [1.54, 1.807) is 6.92 Å². The summed E-state index contributed by atoms with van der Waals surface area (Å²) < 4.78 is 61.2. The van der Waals surface area contributed by atoms with Gasteiger partial charge in [-0.1, -0.05) is 58.9 Å². The van der Waals surface area contributed by atoms with Crippen molar-refractivity contribution in [3.63, 3.8) is 0 Å². The Morgan fingerprint density at radius 3 is 2.40 bits per heavy atom. The molecule has 5 aliphatic rings. The summed E-state index contributed by atoms with van der Waals surface area (Å²) in [5, 5.41) is 37.5. The number of ether oxygens (including phenoxy) is 1. The molecule has 1 saturated heterocycles. The number of carbonyl (C=O) groups excluding carboxylic acids is 4. The Hall–Kier alpha value is -3.07. The van der Waals surface area contributed by atoms with Crippen molar-refractivity contribution in [3.05, 3.63) is 24.3 Å². The highest BCUT2D eigenvalue weighted by atomic mass is 32.2. The number of hydrogen-bond acceptors (Lipinski definition) is 24. The highest BCUT2D eigenvalue weighted by molar-refractivity contribution is 8.13. The standard InChI is InChI=1S/C48H76N7O19P3S/c1-26(31-10-11-32-30-9-8-28-21-29(56)13-16-47(28,5)33(30)14-17-48(31,32)6)7-12-34(57)27(2)45(62)78-20-19-50-36(58)15-18-51-43(61)40(60)46(3,4)23-71-77(68,69)74-76(66,67)70-22-35-39(73-75(63,64)65)38(59)44(72-35)55-25-54-37-41(49)52-24-53-42(37)55/h21,24-27,30-35,38-40,44,57,59-60H,7-20,22-23H2,1-6H3,(H,50,58)(H,51,61)(H,66,67)(H,68,69)(H2,49,52,53)(H2,63,64,65)/p-4. The number of phosphoric ester groups is 3. The number of aromatic nitrogens is 4. The van der Waals surface area contributed by atoms with Crippen molar-refractivity contribution in [1.29, 1.82) is 0 Å². The number of nitrogen functional groups attached to an aromatic ring is 1. The van der Waals surface area contributed by atoms with Crippen LogP contribution in [0.1, 0.15) is 118 Å². The summed E-state index contributed by atoms with van der Waals surface area (Å²) in [5.41, 5.74) is 5.81. The first-order valence-electron chi connectivity index (χ1n) is 26.3. The molecule has 2 aromatic rings. The summed E-state index contributed by atoms with van der Waals surface area (Å²) in [4.78, 5) is 111. The zero-order chi connectivity index (χ0) is 57.3. The number of phosphoric acid groups is 3. The summed E-state index contributed by atoms with van der Waals surface area (Å²) in [5.74, 6) is 1.19. The molecule has 3 saturated carbocycles. The van der Waals surface area contributed by atoms with E-state index in [0.717, 1.165) is 54.7 Å². The highest BCUT2D eigenvalue weighted by Gasteiger charge is 2.59. The van der Waals surface area contributed by atoms with Crippen LogP contribution >= 0.6 is 35.2 Å². The molecule has 2 aromatic heterocycles. The van der Waals surface area contributed by atoms with E-state index in [-0.39, 0.29) is 64.0 Å². The lowest BCUT2D eigenvalue weighted by molar-refractivity contribution is -0.347. The topological polar surface area (TPSA) is 412 Å². The fourth-order valence-electron chi connectivity index (χ4n) is 13.0. The predicted molar refractivity (Wildman–Crippen MR) is 272 cm³/mol. The van der Waals surface area contributed by atoms with E-state index in [4.69, 9.17) is 10.5 Å². The molecular formula is C48H72N7O19P3S-4. The van der Waals surface area contributed by atoms with E-state index >= 15 is 0 Å². The molecule has 0 spiro atoms. The average molecular weight is 1180 g/mol. The molecule has 78 heavy (non-hydrogen) atoms. The van der Waals surface area contributed by atoms with E-state index in [1.165, 1.54) is 45.1 Å². The second-order valence-corrected chi connectivity index (χ2v) is 27.9. The zero-order valence-electron chi connectivity index (χ0n) is 44.5. The second kappa shape index (κ2) is 24.8. The lowest BCUT2D eigenvalue weighted by atomic mass is 9.46. The number of carbonyl (C=O) groups is 4. The fourth-order valence-corrected chi connectivity index (χ4v) is 16.5. The SMILES string of the molecule is CC(CCC(O)C(C)C(=O)SCCNC(=O)CCNC(=O)C(O)C(C)(C)COP(=O)([O-])OP(=O)([O-])OCC1OC(n2cnc3c(N)ncnc32)C(O)C1OP(=O)([O-])[O-])C1CCC2C3CCC4=CC(=O)CCC4(C)C3CCC12C. The van der Waals surface area contributed by atoms with Crippen LogP contribution in [0.2, 0.25) is 0 Å². The summed E-state index contributed by atoms with van der Waals surface area (Å²) in [6.45, 7) is 8.86. The number of allylic oxidation sites excluding steroid dienone is 1. The van der Waals surface area contributed by atoms with Crippen molar-refractivity contribution in [3.8, 4) is 0 Å². The number of aliphatic hydroxyl groups is 3. The minimum Gasteiger partial charge on any atom is -0.790 e. The van der Waals surface area contributed by atoms with Crippen LogP contribution in [0.15, 0.2) is 24.3 Å². The van der Waals surface area contributed by atoms with Gasteiger partial charge in [0.2, 0.25) is 11.8 Å². The van der Waals surface area contributed by atoms with E-state index in [0.29, 0.717) is 42.4 Å². The minimum atomic E-state index is -5.95. The molecule has 16 unspecified atom stereocenters. The van der Waals surface area contributed by atoms with E-state index < -0.39 is 96.6 Å². The monoisotopic (exact) mass is 1180 g/mol. The lowest BCUT2D eigenvalue weighted by Gasteiger charge is -2.58. The molecule has 7 rings (SSSR count). The van der Waals surface area contributed by atoms with Gasteiger partial charge in [-0.05, 0) is 104 Å². The molecule has 4 fully saturated rings. The third-order valence-corrected chi connectivity index (χ3v) is 21.4. The van der Waals surface area contributed by atoms with Crippen LogP contribution in [-0.2, 0) is 55.5 Å². The maximum absolute atomic E-state index is 13.1. The van der Waals surface area contributed by atoms with Gasteiger partial charge in [0.25, 0.3) is 15.6 Å². The van der Waals surface area contributed by atoms with Crippen LogP contribution in [0.5, 0.6) is 0 Å². The Bertz CT molecular complexity index is 2710. The number of thioether (sulfide) groups is 1. The van der Waals surface area contributed by atoms with Crippen LogP contribution in [0.4, 0.5) is 5.82 Å². The average Bonchev–Trinajstić information content (AvgIpc) is 4.17. The normalized spacial score (nSPS) is 31.4. The molecule has 4 aliphatic carbocycles. The summed E-state index contributed by atoms with van der Waals surface area (Å²) in [6.07, 6.45) is 3.30. The van der Waals surface area contributed by atoms with Crippen LogP contribution in [0.25, 0.3) is 11.2 Å². The zero-order valence-corrected chi connectivity index (χ0v) is 48.0. The van der Waals surface area contributed by atoms with Crippen LogP contribution in [-0.4, -0.2) is 120 Å². The number of imidazole rings is 1. The van der Waals surface area contributed by atoms with Crippen molar-refractivity contribution in [1.82, 2.24) is 30.2 Å². The molecule has 3 heterocycles. The van der Waals surface area contributed by atoms with Gasteiger partial charge in [0.15, 0.2) is 28.6 Å². The van der Waals surface area contributed by atoms with Gasteiger partial charge in [-0.3, -0.25) is 32.9 Å². The summed E-state index contributed by atoms with van der Waals surface area (Å²) in [6, 6.07) is 0. The third kappa shape index (κ3) is 14.4. The number of hydrogen-bond donors (Lipinski definition) is 6. The molecule has 1 aliphatic heterocycles. The number of rotatable bonds is 25. The number of aliphatic hydroxyl groups excluding tert-OH is 3. The van der Waals surface area contributed by atoms with Gasteiger partial charge in [-0.25, -0.2) is 19.3 Å². The van der Waals surface area contributed by atoms with E-state index in [1.807, 2.05) is 6.08 Å². The molecule has 2 amide bonds. The van der Waals surface area contributed by atoms with Gasteiger partial charge in [0.05, 0.1) is 39.4 Å². The Balaban J connectivity index is 0.772. The van der Waals surface area contributed by atoms with Crippen molar-refractivity contribution in [2.75, 3.05) is 37.8 Å². The lowest BCUT2D eigenvalue weighted by Crippen LogP contribution is -2.51. The van der Waals surface area contributed by atoms with Crippen molar-refractivity contribution >= 4 is 74.9 Å². The molecule has 7 N–H and O–H groups in total. The predicted octanol–water partition coefficient (Wildman–Crippen LogP) is 1.70. The van der Waals surface area contributed by atoms with Gasteiger partial charge < -0.3 is 74.1 Å². The number of anilines is 1. The largest absolute Gasteiger partial charge is 0.790 e. The van der Waals surface area contributed by atoms with Crippen LogP contribution < -0.4 is 35.9 Å². The number of amides is 2. The Morgan fingerprint density at radius 2 is 1.68 bits per heavy atom. The van der Waals surface area contributed by atoms with Gasteiger partial charge in [-0.2, -0.15) is 0 Å². The molecule has 30 heteroatoms. The molecular weight excluding hydrogens is 1100 g/mol. The Morgan fingerprint density at radius 1 is 0.962 bits per heavy atom. The minimum absolute atomic E-state index is 0.0264. The molecule has 16 atom stereocenters. The molecule has 0 aromatic carbocycles. The summed E-state index contributed by atoms with van der Waals surface area (Å²) in [7, 11) is -17.7. The number of nitrogens with two attached hydrogens (primary N) is 1. The third-order valence-electron chi connectivity index (χ3n) is 17.3. The first-order chi connectivity index (χ1) is 36.4. The fraction of sp³-hybridized carbons (Fsp3) is 0.771. The second-order valence-electron chi connectivity index (χ2n) is 22.8. The maximum Gasteiger partial charge on any atom is 0.274 e. The quantitative estimate of drug-likeness (QED) is 0.0608. The Kier molecular flexibility index (Phi) is 19.9. The van der Waals surface area contributed by atoms with Crippen molar-refractivity contribution in [2.45, 2.75) is 149 Å². The van der Waals surface area contributed by atoms with E-state index in [2.05, 4.69) is 64.2 Å². The number of nitrogens with one attached hydrogen (secondary N) is 2. The van der Waals surface area contributed by atoms with Gasteiger partial charge >= 0.3 is 0 Å². The molecule has 26 nitrogen and oxygen atoms in total. The van der Waals surface area contributed by atoms with E-state index in [9.17, 15) is 67.8 Å². The van der Waals surface area contributed by atoms with Gasteiger partial charge in [0, 0.05) is 37.1 Å². The van der Waals surface area contributed by atoms with Gasteiger partial charge in [0.1, 0.15) is 36.3 Å². The first-order valence-corrected chi connectivity index (χ1v) is 31.6. The highest BCUT2D eigenvalue weighted by Crippen LogP contribution is 2.68. The van der Waals surface area contributed by atoms with Gasteiger partial charge in [-0.15, -0.1) is 0 Å². The molecule has 0 radical (unpaired) electrons. The number of fused-ring (bicyclic) bond motifs is 6. The number of ketones is 1. The first kappa shape index (κ1) is 62.5. The molecule has 0 bridgehead atoms. The van der Waals surface area contributed by atoms with Crippen molar-refractivity contribution in [2.24, 2.45) is 51.8 Å². The number of nitrogens with zero attached hydrogens (tertiary/aromatic N) is 4. The smallest absolute Gasteiger partial charge is 0.274 e. The Labute approximate surface area is 456 Å². The molecule has 438 valence electrons. The maximum atomic E-state index is 13.1. The van der Waals surface area contributed by atoms with Crippen LogP contribution in [0, 0.1) is 51.8 Å².